The number of phenols is 3. The molecule has 0 aromatic heterocycles. The summed E-state index contributed by atoms with van der Waals surface area (Å²) in [7, 11) is 0. The van der Waals surface area contributed by atoms with Gasteiger partial charge in [0.25, 0.3) is 0 Å². The lowest BCUT2D eigenvalue weighted by atomic mass is 9.59. The molecule has 3 N–H and O–H groups in total. The number of hydrogen-bond acceptors (Lipinski definition) is 3. The van der Waals surface area contributed by atoms with Crippen molar-refractivity contribution in [3.05, 3.63) is 88.0 Å². The molecule has 3 nitrogen and oxygen atoms in total. The molecule has 31 heavy (non-hydrogen) atoms. The van der Waals surface area contributed by atoms with E-state index in [0.717, 1.165) is 23.1 Å². The maximum atomic E-state index is 10.2. The van der Waals surface area contributed by atoms with Crippen LogP contribution in [0.5, 0.6) is 17.2 Å². The standard InChI is InChI=1S/C28H30O3/c1-16-10-20(4-7-25(16)29)23-13-19-14-24(23)28(15-19,21-5-8-26(30)17(2)11-21)22-6-9-27(31)18(3)12-22/h4-12,19,23-24,29-31H,13-15H2,1-3H3/t19-,23+,24-/m1/s1. The summed E-state index contributed by atoms with van der Waals surface area (Å²) in [4.78, 5) is 0. The highest BCUT2D eigenvalue weighted by Crippen LogP contribution is 2.65. The molecule has 3 aromatic carbocycles. The fraction of sp³-hybridized carbons (Fsp3) is 0.357. The van der Waals surface area contributed by atoms with Crippen molar-refractivity contribution in [1.29, 1.82) is 0 Å². The minimum absolute atomic E-state index is 0.156. The summed E-state index contributed by atoms with van der Waals surface area (Å²) < 4.78 is 0. The second kappa shape index (κ2) is 7.05. The lowest BCUT2D eigenvalue weighted by Gasteiger charge is -2.43. The molecule has 160 valence electrons. The van der Waals surface area contributed by atoms with Crippen molar-refractivity contribution >= 4 is 0 Å². The zero-order valence-electron chi connectivity index (χ0n) is 18.4. The van der Waals surface area contributed by atoms with Crippen molar-refractivity contribution in [1.82, 2.24) is 0 Å². The van der Waals surface area contributed by atoms with E-state index in [9.17, 15) is 15.3 Å². The summed E-state index contributed by atoms with van der Waals surface area (Å²) in [5.41, 5.74) is 6.36. The Kier molecular flexibility index (Phi) is 4.55. The van der Waals surface area contributed by atoms with Crippen molar-refractivity contribution < 1.29 is 15.3 Å². The summed E-state index contributed by atoms with van der Waals surface area (Å²) in [6.45, 7) is 5.89. The fourth-order valence-electron chi connectivity index (χ4n) is 6.44. The first kappa shape index (κ1) is 20.0. The quantitative estimate of drug-likeness (QED) is 0.476. The summed E-state index contributed by atoms with van der Waals surface area (Å²) in [5.74, 6) is 2.48. The van der Waals surface area contributed by atoms with Gasteiger partial charge in [0.15, 0.2) is 0 Å². The van der Waals surface area contributed by atoms with E-state index in [1.54, 1.807) is 0 Å². The molecule has 2 fully saturated rings. The van der Waals surface area contributed by atoms with Crippen LogP contribution in [0.4, 0.5) is 0 Å². The molecule has 0 aliphatic heterocycles. The fourth-order valence-corrected chi connectivity index (χ4v) is 6.44. The summed E-state index contributed by atoms with van der Waals surface area (Å²) in [6, 6.07) is 18.2. The first-order valence-electron chi connectivity index (χ1n) is 11.2. The van der Waals surface area contributed by atoms with Gasteiger partial charge in [-0.15, -0.1) is 0 Å². The molecule has 0 heterocycles. The van der Waals surface area contributed by atoms with E-state index in [2.05, 4.69) is 36.4 Å². The van der Waals surface area contributed by atoms with Crippen LogP contribution in [0.25, 0.3) is 0 Å². The zero-order valence-corrected chi connectivity index (χ0v) is 18.4. The summed E-state index contributed by atoms with van der Waals surface area (Å²) in [5, 5.41) is 30.4. The Morgan fingerprint density at radius 3 is 1.68 bits per heavy atom. The van der Waals surface area contributed by atoms with Crippen LogP contribution in [-0.4, -0.2) is 15.3 Å². The lowest BCUT2D eigenvalue weighted by molar-refractivity contribution is 0.282. The Bertz CT molecular complexity index is 1110. The van der Waals surface area contributed by atoms with Gasteiger partial charge in [0, 0.05) is 5.41 Å². The molecule has 0 amide bonds. The van der Waals surface area contributed by atoms with E-state index in [1.165, 1.54) is 29.5 Å². The van der Waals surface area contributed by atoms with E-state index in [1.807, 2.05) is 39.0 Å². The molecular weight excluding hydrogens is 384 g/mol. The van der Waals surface area contributed by atoms with Crippen molar-refractivity contribution in [2.24, 2.45) is 11.8 Å². The van der Waals surface area contributed by atoms with Crippen LogP contribution < -0.4 is 0 Å². The molecule has 0 unspecified atom stereocenters. The Morgan fingerprint density at radius 2 is 1.19 bits per heavy atom. The van der Waals surface area contributed by atoms with E-state index in [4.69, 9.17) is 0 Å². The normalized spacial score (nSPS) is 23.9. The van der Waals surface area contributed by atoms with E-state index >= 15 is 0 Å². The molecule has 0 spiro atoms. The maximum absolute atomic E-state index is 10.2. The third-order valence-corrected chi connectivity index (χ3v) is 7.98. The minimum Gasteiger partial charge on any atom is -0.508 e. The van der Waals surface area contributed by atoms with Crippen molar-refractivity contribution in [2.75, 3.05) is 0 Å². The first-order chi connectivity index (χ1) is 14.8. The smallest absolute Gasteiger partial charge is 0.118 e. The van der Waals surface area contributed by atoms with Gasteiger partial charge in [-0.25, -0.2) is 0 Å². The van der Waals surface area contributed by atoms with Crippen molar-refractivity contribution in [3.63, 3.8) is 0 Å². The number of aromatic hydroxyl groups is 3. The number of fused-ring (bicyclic) bond motifs is 2. The predicted octanol–water partition coefficient (Wildman–Crippen LogP) is 6.23. The number of hydrogen-bond donors (Lipinski definition) is 3. The van der Waals surface area contributed by atoms with Gasteiger partial charge in [0.05, 0.1) is 0 Å². The highest BCUT2D eigenvalue weighted by atomic mass is 16.3. The van der Waals surface area contributed by atoms with Gasteiger partial charge < -0.3 is 15.3 Å². The van der Waals surface area contributed by atoms with Crippen molar-refractivity contribution in [2.45, 2.75) is 51.4 Å². The van der Waals surface area contributed by atoms with Gasteiger partial charge in [-0.1, -0.05) is 36.4 Å². The Morgan fingerprint density at radius 1 is 0.677 bits per heavy atom. The van der Waals surface area contributed by atoms with Crippen LogP contribution >= 0.6 is 0 Å². The van der Waals surface area contributed by atoms with E-state index < -0.39 is 0 Å². The molecule has 2 bridgehead atoms. The van der Waals surface area contributed by atoms with Gasteiger partial charge in [-0.3, -0.25) is 0 Å². The van der Waals surface area contributed by atoms with Crippen LogP contribution in [0.3, 0.4) is 0 Å². The third kappa shape index (κ3) is 3.02. The molecule has 5 rings (SSSR count). The van der Waals surface area contributed by atoms with Crippen LogP contribution in [-0.2, 0) is 5.41 Å². The van der Waals surface area contributed by atoms with Gasteiger partial charge in [-0.2, -0.15) is 0 Å². The number of benzene rings is 3. The van der Waals surface area contributed by atoms with Crippen LogP contribution in [0.1, 0.15) is 58.6 Å². The Balaban J connectivity index is 1.69. The van der Waals surface area contributed by atoms with Crippen LogP contribution in [0, 0.1) is 32.6 Å². The molecule has 2 aliphatic carbocycles. The van der Waals surface area contributed by atoms with E-state index in [-0.39, 0.29) is 5.41 Å². The minimum atomic E-state index is -0.156. The molecule has 3 aromatic rings. The molecule has 0 radical (unpaired) electrons. The molecule has 2 aliphatic rings. The lowest BCUT2D eigenvalue weighted by Crippen LogP contribution is -2.37. The van der Waals surface area contributed by atoms with Crippen LogP contribution in [0.2, 0.25) is 0 Å². The molecule has 3 heteroatoms. The van der Waals surface area contributed by atoms with Gasteiger partial charge in [0.1, 0.15) is 17.2 Å². The Hall–Kier alpha value is -2.94. The van der Waals surface area contributed by atoms with Gasteiger partial charge in [0.2, 0.25) is 0 Å². The number of aryl methyl sites for hydroxylation is 3. The van der Waals surface area contributed by atoms with Gasteiger partial charge in [-0.05, 0) is 109 Å². The predicted molar refractivity (Wildman–Crippen MR) is 123 cm³/mol. The third-order valence-electron chi connectivity index (χ3n) is 7.98. The largest absolute Gasteiger partial charge is 0.508 e. The molecule has 0 saturated heterocycles. The maximum Gasteiger partial charge on any atom is 0.118 e. The second-order valence-electron chi connectivity index (χ2n) is 9.77. The van der Waals surface area contributed by atoms with Gasteiger partial charge >= 0.3 is 0 Å². The van der Waals surface area contributed by atoms with Crippen molar-refractivity contribution in [3.8, 4) is 17.2 Å². The first-order valence-corrected chi connectivity index (χ1v) is 11.2. The summed E-state index contributed by atoms with van der Waals surface area (Å²) in [6.07, 6.45) is 3.43. The molecule has 3 atom stereocenters. The molecular formula is C28H30O3. The molecule has 2 saturated carbocycles. The highest BCUT2D eigenvalue weighted by Gasteiger charge is 2.57. The van der Waals surface area contributed by atoms with Crippen LogP contribution in [0.15, 0.2) is 54.6 Å². The monoisotopic (exact) mass is 414 g/mol. The topological polar surface area (TPSA) is 60.7 Å². The Labute approximate surface area is 184 Å². The SMILES string of the molecule is Cc1cc([C@@H]2C[C@@H]3C[C@H]2C(c2ccc(O)c(C)c2)(c2ccc(O)c(C)c2)C3)ccc1O. The number of rotatable bonds is 3. The average Bonchev–Trinajstić information content (AvgIpc) is 3.33. The number of phenolic OH excluding ortho intramolecular Hbond substituents is 3. The average molecular weight is 415 g/mol. The summed E-state index contributed by atoms with van der Waals surface area (Å²) >= 11 is 0. The second-order valence-corrected chi connectivity index (χ2v) is 9.77. The highest BCUT2D eigenvalue weighted by molar-refractivity contribution is 5.51. The van der Waals surface area contributed by atoms with E-state index in [0.29, 0.717) is 35.0 Å². The zero-order chi connectivity index (χ0) is 21.9.